The van der Waals surface area contributed by atoms with E-state index in [4.69, 9.17) is 4.74 Å². The summed E-state index contributed by atoms with van der Waals surface area (Å²) in [5, 5.41) is 13.2. The van der Waals surface area contributed by atoms with Gasteiger partial charge in [-0.05, 0) is 24.6 Å². The number of hydrogen-bond acceptors (Lipinski definition) is 6. The first-order valence-electron chi connectivity index (χ1n) is 8.88. The lowest BCUT2D eigenvalue weighted by Gasteiger charge is -2.19. The molecule has 1 N–H and O–H groups in total. The number of ether oxygens (including phenoxy) is 1. The summed E-state index contributed by atoms with van der Waals surface area (Å²) in [4.78, 5) is 48.1. The molecule has 0 aliphatic heterocycles. The molecule has 30 heavy (non-hydrogen) atoms. The lowest BCUT2D eigenvalue weighted by Crippen LogP contribution is -2.41. The molecule has 2 amide bonds. The lowest BCUT2D eigenvalue weighted by atomic mass is 10.2. The molecule has 2 aromatic carbocycles. The van der Waals surface area contributed by atoms with Crippen LogP contribution in [0.5, 0.6) is 0 Å². The molecule has 158 valence electrons. The summed E-state index contributed by atoms with van der Waals surface area (Å²) >= 11 is 3.41. The normalized spacial score (nSPS) is 11.3. The minimum atomic E-state index is -1.04. The number of carbonyl (C=O) groups is 3. The Morgan fingerprint density at radius 3 is 2.57 bits per heavy atom. The van der Waals surface area contributed by atoms with Gasteiger partial charge in [0.25, 0.3) is 17.5 Å². The summed E-state index contributed by atoms with van der Waals surface area (Å²) in [5.74, 6) is -1.87. The maximum Gasteiger partial charge on any atom is 0.328 e. The number of non-ortho nitro benzene ring substituents is 1. The highest BCUT2D eigenvalue weighted by molar-refractivity contribution is 9.10. The van der Waals surface area contributed by atoms with Crippen LogP contribution >= 0.6 is 15.9 Å². The van der Waals surface area contributed by atoms with E-state index < -0.39 is 35.4 Å². The first-order chi connectivity index (χ1) is 14.2. The van der Waals surface area contributed by atoms with E-state index in [-0.39, 0.29) is 11.3 Å². The molecule has 0 saturated carbocycles. The number of amides is 2. The Labute approximate surface area is 181 Å². The van der Waals surface area contributed by atoms with Crippen LogP contribution in [0.2, 0.25) is 0 Å². The van der Waals surface area contributed by atoms with Gasteiger partial charge in [0.05, 0.1) is 4.92 Å². The molecule has 10 heteroatoms. The Balaban J connectivity index is 1.85. The first-order valence-corrected chi connectivity index (χ1v) is 9.67. The van der Waals surface area contributed by atoms with Crippen molar-refractivity contribution in [2.45, 2.75) is 19.5 Å². The highest BCUT2D eigenvalue weighted by Crippen LogP contribution is 2.17. The minimum Gasteiger partial charge on any atom is -0.454 e. The second kappa shape index (κ2) is 10.5. The number of halogens is 1. The van der Waals surface area contributed by atoms with E-state index in [0.29, 0.717) is 6.54 Å². The largest absolute Gasteiger partial charge is 0.454 e. The van der Waals surface area contributed by atoms with Crippen molar-refractivity contribution in [3.8, 4) is 0 Å². The van der Waals surface area contributed by atoms with Crippen LogP contribution in [0.4, 0.5) is 5.69 Å². The van der Waals surface area contributed by atoms with Gasteiger partial charge in [-0.2, -0.15) is 0 Å². The van der Waals surface area contributed by atoms with Crippen LogP contribution in [0.3, 0.4) is 0 Å². The molecule has 0 heterocycles. The first kappa shape index (κ1) is 23.0. The number of likely N-dealkylation sites (N-methyl/N-ethyl adjacent to an activating group) is 1. The van der Waals surface area contributed by atoms with Gasteiger partial charge in [0, 0.05) is 35.8 Å². The maximum absolute atomic E-state index is 12.2. The number of rotatable bonds is 8. The van der Waals surface area contributed by atoms with Crippen LogP contribution in [0.1, 0.15) is 22.8 Å². The van der Waals surface area contributed by atoms with Crippen molar-refractivity contribution in [1.29, 1.82) is 0 Å². The second-order valence-electron chi connectivity index (χ2n) is 6.45. The molecule has 0 aliphatic rings. The van der Waals surface area contributed by atoms with Gasteiger partial charge in [-0.15, -0.1) is 0 Å². The fourth-order valence-electron chi connectivity index (χ4n) is 2.44. The minimum absolute atomic E-state index is 0.0353. The standard InChI is InChI=1S/C20H20BrN3O6/c1-13(22-19(26)14-7-5-8-16(10-14)24(28)29)20(27)30-12-18(25)23(2)11-15-6-3-4-9-17(15)21/h3-10,13H,11-12H2,1-2H3,(H,22,26). The third-order valence-corrected chi connectivity index (χ3v) is 4.92. The molecule has 1 atom stereocenters. The smallest absolute Gasteiger partial charge is 0.328 e. The molecule has 0 spiro atoms. The number of carbonyl (C=O) groups excluding carboxylic acids is 3. The van der Waals surface area contributed by atoms with E-state index in [2.05, 4.69) is 21.2 Å². The van der Waals surface area contributed by atoms with Crippen molar-refractivity contribution in [2.24, 2.45) is 0 Å². The summed E-state index contributed by atoms with van der Waals surface area (Å²) in [7, 11) is 1.59. The van der Waals surface area contributed by atoms with E-state index >= 15 is 0 Å². The molecular formula is C20H20BrN3O6. The van der Waals surface area contributed by atoms with Crippen molar-refractivity contribution in [3.63, 3.8) is 0 Å². The van der Waals surface area contributed by atoms with Crippen LogP contribution in [-0.4, -0.2) is 47.3 Å². The van der Waals surface area contributed by atoms with Gasteiger partial charge in [-0.1, -0.05) is 40.2 Å². The second-order valence-corrected chi connectivity index (χ2v) is 7.31. The molecule has 2 rings (SSSR count). The molecule has 0 bridgehead atoms. The van der Waals surface area contributed by atoms with Crippen LogP contribution in [0, 0.1) is 10.1 Å². The van der Waals surface area contributed by atoms with Crippen LogP contribution in [0.25, 0.3) is 0 Å². The Hall–Kier alpha value is -3.27. The molecule has 2 aromatic rings. The van der Waals surface area contributed by atoms with Crippen molar-refractivity contribution in [2.75, 3.05) is 13.7 Å². The number of nitrogens with zero attached hydrogens (tertiary/aromatic N) is 2. The van der Waals surface area contributed by atoms with Gasteiger partial charge in [0.15, 0.2) is 6.61 Å². The van der Waals surface area contributed by atoms with E-state index in [1.807, 2.05) is 24.3 Å². The fourth-order valence-corrected chi connectivity index (χ4v) is 2.85. The topological polar surface area (TPSA) is 119 Å². The number of nitro benzene ring substituents is 1. The van der Waals surface area contributed by atoms with Crippen LogP contribution in [0.15, 0.2) is 53.0 Å². The predicted molar refractivity (Wildman–Crippen MR) is 112 cm³/mol. The quantitative estimate of drug-likeness (QED) is 0.354. The molecule has 0 aliphatic carbocycles. The van der Waals surface area contributed by atoms with E-state index in [1.54, 1.807) is 7.05 Å². The average molecular weight is 478 g/mol. The Bertz CT molecular complexity index is 965. The molecule has 0 radical (unpaired) electrons. The number of hydrogen-bond donors (Lipinski definition) is 1. The van der Waals surface area contributed by atoms with E-state index in [1.165, 1.54) is 30.0 Å². The average Bonchev–Trinajstić information content (AvgIpc) is 2.73. The summed E-state index contributed by atoms with van der Waals surface area (Å²) in [6.07, 6.45) is 0. The molecule has 1 unspecified atom stereocenters. The third-order valence-electron chi connectivity index (χ3n) is 4.15. The highest BCUT2D eigenvalue weighted by atomic mass is 79.9. The van der Waals surface area contributed by atoms with Gasteiger partial charge < -0.3 is 15.0 Å². The van der Waals surface area contributed by atoms with Gasteiger partial charge in [0.2, 0.25) is 0 Å². The lowest BCUT2D eigenvalue weighted by molar-refractivity contribution is -0.384. The van der Waals surface area contributed by atoms with Crippen molar-refractivity contribution in [3.05, 3.63) is 74.2 Å². The van der Waals surface area contributed by atoms with E-state index in [0.717, 1.165) is 16.1 Å². The summed E-state index contributed by atoms with van der Waals surface area (Å²) in [6.45, 7) is 1.25. The Morgan fingerprint density at radius 1 is 1.20 bits per heavy atom. The monoisotopic (exact) mass is 477 g/mol. The summed E-state index contributed by atoms with van der Waals surface area (Å²) < 4.78 is 5.85. The number of nitro groups is 1. The number of esters is 1. The summed E-state index contributed by atoms with van der Waals surface area (Å²) in [6, 6.07) is 11.5. The SMILES string of the molecule is CC(NC(=O)c1cccc([N+](=O)[O-])c1)C(=O)OCC(=O)N(C)Cc1ccccc1Br. The predicted octanol–water partition coefficient (Wildman–Crippen LogP) is 2.68. The van der Waals surface area contributed by atoms with Gasteiger partial charge >= 0.3 is 5.97 Å². The molecule has 9 nitrogen and oxygen atoms in total. The van der Waals surface area contributed by atoms with E-state index in [9.17, 15) is 24.5 Å². The zero-order valence-electron chi connectivity index (χ0n) is 16.3. The number of benzene rings is 2. The fraction of sp³-hybridized carbons (Fsp3) is 0.250. The Morgan fingerprint density at radius 2 is 1.90 bits per heavy atom. The van der Waals surface area contributed by atoms with Gasteiger partial charge in [0.1, 0.15) is 6.04 Å². The Kier molecular flexibility index (Phi) is 8.05. The molecule has 0 fully saturated rings. The maximum atomic E-state index is 12.2. The van der Waals surface area contributed by atoms with Gasteiger partial charge in [-0.25, -0.2) is 4.79 Å². The summed E-state index contributed by atoms with van der Waals surface area (Å²) in [5.41, 5.74) is 0.696. The highest BCUT2D eigenvalue weighted by Gasteiger charge is 2.21. The van der Waals surface area contributed by atoms with Gasteiger partial charge in [-0.3, -0.25) is 19.7 Å². The third kappa shape index (κ3) is 6.38. The van der Waals surface area contributed by atoms with Crippen LogP contribution in [-0.2, 0) is 20.9 Å². The molecule has 0 aromatic heterocycles. The zero-order chi connectivity index (χ0) is 22.3. The molecular weight excluding hydrogens is 458 g/mol. The van der Waals surface area contributed by atoms with Crippen molar-refractivity contribution < 1.29 is 24.0 Å². The number of nitrogens with one attached hydrogen (secondary N) is 1. The van der Waals surface area contributed by atoms with Crippen LogP contribution < -0.4 is 5.32 Å². The zero-order valence-corrected chi connectivity index (χ0v) is 17.9. The molecule has 0 saturated heterocycles. The van der Waals surface area contributed by atoms with Crippen molar-refractivity contribution in [1.82, 2.24) is 10.2 Å². The van der Waals surface area contributed by atoms with Crippen molar-refractivity contribution >= 4 is 39.4 Å².